The Kier molecular flexibility index (Phi) is 4.73. The highest BCUT2D eigenvalue weighted by Gasteiger charge is 2.33. The van der Waals surface area contributed by atoms with E-state index in [1.807, 2.05) is 12.1 Å². The summed E-state index contributed by atoms with van der Waals surface area (Å²) in [4.78, 5) is 0. The molecule has 2 rings (SSSR count). The lowest BCUT2D eigenvalue weighted by Crippen LogP contribution is -2.27. The lowest BCUT2D eigenvalue weighted by molar-refractivity contribution is 0.0992. The molecule has 1 aromatic carbocycles. The van der Waals surface area contributed by atoms with Gasteiger partial charge >= 0.3 is 0 Å². The van der Waals surface area contributed by atoms with E-state index in [0.29, 0.717) is 17.2 Å². The monoisotopic (exact) mass is 281 g/mol. The fraction of sp³-hybridized carbons (Fsp3) is 0.600. The molecule has 0 bridgehead atoms. The normalized spacial score (nSPS) is 23.4. The third-order valence-electron chi connectivity index (χ3n) is 3.99. The fourth-order valence-electron chi connectivity index (χ4n) is 2.84. The lowest BCUT2D eigenvalue weighted by atomic mass is 9.88. The van der Waals surface area contributed by atoms with Gasteiger partial charge in [0, 0.05) is 24.1 Å². The summed E-state index contributed by atoms with van der Waals surface area (Å²) in [7, 11) is 4.81. The maximum Gasteiger partial charge on any atom is 0.203 e. The van der Waals surface area contributed by atoms with Crippen molar-refractivity contribution in [3.05, 3.63) is 17.7 Å². The third-order valence-corrected chi connectivity index (χ3v) is 3.99. The fourth-order valence-corrected chi connectivity index (χ4v) is 2.84. The topological polar surface area (TPSA) is 62.9 Å². The number of hydrogen-bond donors (Lipinski definition) is 1. The van der Waals surface area contributed by atoms with Crippen molar-refractivity contribution in [3.8, 4) is 17.2 Å². The lowest BCUT2D eigenvalue weighted by Gasteiger charge is -2.25. The quantitative estimate of drug-likeness (QED) is 0.896. The molecule has 1 fully saturated rings. The molecular formula is C15H23NO4. The molecule has 20 heavy (non-hydrogen) atoms. The minimum atomic E-state index is -0.151. The molecule has 0 saturated carbocycles. The Morgan fingerprint density at radius 1 is 1.15 bits per heavy atom. The van der Waals surface area contributed by atoms with Crippen LogP contribution < -0.4 is 19.9 Å². The van der Waals surface area contributed by atoms with Gasteiger partial charge in [-0.05, 0) is 25.5 Å². The van der Waals surface area contributed by atoms with Crippen LogP contribution in [0.5, 0.6) is 17.2 Å². The van der Waals surface area contributed by atoms with Crippen LogP contribution in [0.25, 0.3) is 0 Å². The molecule has 5 heteroatoms. The summed E-state index contributed by atoms with van der Waals surface area (Å²) in [6.45, 7) is 2.82. The predicted molar refractivity (Wildman–Crippen MR) is 76.5 cm³/mol. The van der Waals surface area contributed by atoms with Crippen molar-refractivity contribution >= 4 is 0 Å². The molecule has 112 valence electrons. The van der Waals surface area contributed by atoms with Gasteiger partial charge in [-0.2, -0.15) is 0 Å². The van der Waals surface area contributed by atoms with Crippen molar-refractivity contribution in [2.24, 2.45) is 11.7 Å². The van der Waals surface area contributed by atoms with Crippen LogP contribution in [-0.4, -0.2) is 34.0 Å². The van der Waals surface area contributed by atoms with Crippen LogP contribution in [0.3, 0.4) is 0 Å². The molecular weight excluding hydrogens is 258 g/mol. The summed E-state index contributed by atoms with van der Waals surface area (Å²) in [5.41, 5.74) is 7.35. The van der Waals surface area contributed by atoms with Crippen LogP contribution in [0.1, 0.15) is 24.9 Å². The summed E-state index contributed by atoms with van der Waals surface area (Å²) in [6, 6.07) is 3.65. The Balaban J connectivity index is 2.40. The first kappa shape index (κ1) is 14.9. The van der Waals surface area contributed by atoms with Crippen LogP contribution in [0, 0.1) is 5.92 Å². The first-order valence-electron chi connectivity index (χ1n) is 6.80. The van der Waals surface area contributed by atoms with E-state index in [-0.39, 0.29) is 18.1 Å². The van der Waals surface area contributed by atoms with Gasteiger partial charge in [-0.3, -0.25) is 0 Å². The van der Waals surface area contributed by atoms with E-state index >= 15 is 0 Å². The molecule has 0 radical (unpaired) electrons. The van der Waals surface area contributed by atoms with Gasteiger partial charge in [-0.15, -0.1) is 0 Å². The van der Waals surface area contributed by atoms with Crippen LogP contribution >= 0.6 is 0 Å². The van der Waals surface area contributed by atoms with E-state index in [0.717, 1.165) is 18.6 Å². The van der Waals surface area contributed by atoms with E-state index in [2.05, 4.69) is 6.92 Å². The van der Waals surface area contributed by atoms with E-state index in [4.69, 9.17) is 24.7 Å². The average Bonchev–Trinajstić information content (AvgIpc) is 2.90. The first-order chi connectivity index (χ1) is 9.63. The van der Waals surface area contributed by atoms with Crippen molar-refractivity contribution < 1.29 is 18.9 Å². The average molecular weight is 281 g/mol. The second-order valence-corrected chi connectivity index (χ2v) is 4.98. The minimum absolute atomic E-state index is 0.151. The number of benzene rings is 1. The van der Waals surface area contributed by atoms with E-state index in [9.17, 15) is 0 Å². The summed E-state index contributed by atoms with van der Waals surface area (Å²) in [6.07, 6.45) is 1.11. The van der Waals surface area contributed by atoms with Gasteiger partial charge in [0.25, 0.3) is 0 Å². The Labute approximate surface area is 120 Å². The zero-order valence-corrected chi connectivity index (χ0v) is 12.5. The third kappa shape index (κ3) is 2.55. The molecule has 1 aliphatic heterocycles. The van der Waals surface area contributed by atoms with Gasteiger partial charge in [-0.25, -0.2) is 0 Å². The molecule has 5 nitrogen and oxygen atoms in total. The highest BCUT2D eigenvalue weighted by atomic mass is 16.5. The van der Waals surface area contributed by atoms with Gasteiger partial charge < -0.3 is 24.7 Å². The van der Waals surface area contributed by atoms with Crippen LogP contribution in [0.15, 0.2) is 12.1 Å². The van der Waals surface area contributed by atoms with Crippen molar-refractivity contribution in [3.63, 3.8) is 0 Å². The van der Waals surface area contributed by atoms with E-state index in [1.165, 1.54) is 0 Å². The van der Waals surface area contributed by atoms with Crippen molar-refractivity contribution in [2.75, 3.05) is 27.9 Å². The summed E-state index contributed by atoms with van der Waals surface area (Å²) >= 11 is 0. The van der Waals surface area contributed by atoms with Gasteiger partial charge in [0.15, 0.2) is 11.5 Å². The Bertz CT molecular complexity index is 463. The molecule has 3 unspecified atom stereocenters. The Morgan fingerprint density at radius 2 is 1.85 bits per heavy atom. The van der Waals surface area contributed by atoms with Crippen LogP contribution in [-0.2, 0) is 4.74 Å². The molecule has 0 amide bonds. The highest BCUT2D eigenvalue weighted by molar-refractivity contribution is 5.56. The van der Waals surface area contributed by atoms with Gasteiger partial charge in [0.1, 0.15) is 0 Å². The molecule has 1 aliphatic rings. The maximum atomic E-state index is 6.43. The zero-order valence-electron chi connectivity index (χ0n) is 12.5. The zero-order chi connectivity index (χ0) is 14.7. The van der Waals surface area contributed by atoms with E-state index in [1.54, 1.807) is 21.3 Å². The largest absolute Gasteiger partial charge is 0.493 e. The second-order valence-electron chi connectivity index (χ2n) is 4.98. The maximum absolute atomic E-state index is 6.43. The summed E-state index contributed by atoms with van der Waals surface area (Å²) in [5, 5.41) is 0. The number of ether oxygens (including phenoxy) is 4. The summed E-state index contributed by atoms with van der Waals surface area (Å²) in [5.74, 6) is 2.13. The molecule has 1 saturated heterocycles. The Morgan fingerprint density at radius 3 is 2.35 bits per heavy atom. The van der Waals surface area contributed by atoms with Gasteiger partial charge in [0.05, 0.1) is 27.4 Å². The van der Waals surface area contributed by atoms with E-state index < -0.39 is 0 Å². The number of nitrogens with two attached hydrogens (primary N) is 1. The smallest absolute Gasteiger partial charge is 0.203 e. The highest BCUT2D eigenvalue weighted by Crippen LogP contribution is 2.44. The predicted octanol–water partition coefficient (Wildman–Crippen LogP) is 2.14. The Hall–Kier alpha value is -1.46. The minimum Gasteiger partial charge on any atom is -0.493 e. The summed E-state index contributed by atoms with van der Waals surface area (Å²) < 4.78 is 21.8. The van der Waals surface area contributed by atoms with Crippen molar-refractivity contribution in [2.45, 2.75) is 25.5 Å². The van der Waals surface area contributed by atoms with Crippen molar-refractivity contribution in [1.82, 2.24) is 0 Å². The molecule has 0 aliphatic carbocycles. The van der Waals surface area contributed by atoms with Gasteiger partial charge in [-0.1, -0.05) is 0 Å². The number of methoxy groups -OCH3 is 3. The molecule has 3 atom stereocenters. The standard InChI is InChI=1S/C15H23NO4/c1-9-10(7-8-20-9)13(16)11-5-6-12(17-2)15(19-4)14(11)18-3/h5-6,9-10,13H,7-8,16H2,1-4H3. The van der Waals surface area contributed by atoms with Gasteiger partial charge in [0.2, 0.25) is 5.75 Å². The van der Waals surface area contributed by atoms with Crippen molar-refractivity contribution in [1.29, 1.82) is 0 Å². The molecule has 2 N–H and O–H groups in total. The molecule has 0 aromatic heterocycles. The second kappa shape index (κ2) is 6.33. The molecule has 1 heterocycles. The first-order valence-corrected chi connectivity index (χ1v) is 6.80. The number of rotatable bonds is 5. The SMILES string of the molecule is COc1ccc(C(N)C2CCOC2C)c(OC)c1OC. The molecule has 0 spiro atoms. The number of hydrogen-bond acceptors (Lipinski definition) is 5. The van der Waals surface area contributed by atoms with Crippen LogP contribution in [0.2, 0.25) is 0 Å². The van der Waals surface area contributed by atoms with Crippen LogP contribution in [0.4, 0.5) is 0 Å². The molecule has 1 aromatic rings.